The Balaban J connectivity index is 2.16. The van der Waals surface area contributed by atoms with Crippen LogP contribution in [-0.4, -0.2) is 6.04 Å². The highest BCUT2D eigenvalue weighted by atomic mass is 15.2. The minimum Gasteiger partial charge on any atom is -0.271 e. The molecule has 78 valence electrons. The maximum absolute atomic E-state index is 5.58. The largest absolute Gasteiger partial charge is 0.271 e. The third kappa shape index (κ3) is 3.65. The smallest absolute Gasteiger partial charge is 0.0238 e. The lowest BCUT2D eigenvalue weighted by atomic mass is 9.94. The van der Waals surface area contributed by atoms with Crippen LogP contribution < -0.4 is 11.3 Å². The number of hydrogen-bond acceptors (Lipinski definition) is 2. The fourth-order valence-corrected chi connectivity index (χ4v) is 2.43. The number of hydrazine groups is 1. The van der Waals surface area contributed by atoms with Gasteiger partial charge in [-0.25, -0.2) is 0 Å². The number of unbranched alkanes of at least 4 members (excludes halogenated alkanes) is 2. The molecule has 1 rings (SSSR count). The number of nitrogens with one attached hydrogen (secondary N) is 1. The molecule has 0 aromatic rings. The summed E-state index contributed by atoms with van der Waals surface area (Å²) in [5, 5.41) is 0. The van der Waals surface area contributed by atoms with Crippen LogP contribution in [0.25, 0.3) is 0 Å². The fourth-order valence-electron chi connectivity index (χ4n) is 2.43. The van der Waals surface area contributed by atoms with Crippen LogP contribution in [0.5, 0.6) is 0 Å². The van der Waals surface area contributed by atoms with Crippen LogP contribution in [-0.2, 0) is 0 Å². The van der Waals surface area contributed by atoms with E-state index in [4.69, 9.17) is 5.84 Å². The van der Waals surface area contributed by atoms with Crippen molar-refractivity contribution in [3.63, 3.8) is 0 Å². The molecule has 0 saturated heterocycles. The summed E-state index contributed by atoms with van der Waals surface area (Å²) in [4.78, 5) is 0. The first-order valence-corrected chi connectivity index (χ1v) is 5.84. The summed E-state index contributed by atoms with van der Waals surface area (Å²) in [6, 6.07) is 0.592. The van der Waals surface area contributed by atoms with E-state index in [1.807, 2.05) is 0 Å². The second-order valence-corrected chi connectivity index (χ2v) is 4.31. The van der Waals surface area contributed by atoms with E-state index in [1.54, 1.807) is 0 Å². The van der Waals surface area contributed by atoms with Gasteiger partial charge in [0.2, 0.25) is 0 Å². The van der Waals surface area contributed by atoms with Crippen molar-refractivity contribution in [2.24, 2.45) is 11.8 Å². The van der Waals surface area contributed by atoms with E-state index in [0.717, 1.165) is 5.92 Å². The summed E-state index contributed by atoms with van der Waals surface area (Å²) < 4.78 is 0. The van der Waals surface area contributed by atoms with Crippen LogP contribution in [0.1, 0.15) is 58.3 Å². The zero-order chi connectivity index (χ0) is 9.52. The first-order valence-electron chi connectivity index (χ1n) is 5.84. The lowest BCUT2D eigenvalue weighted by Crippen LogP contribution is -2.39. The standard InChI is InChI=1S/C11H24N2/c1-2-3-4-9-11(13-12)10-7-5-6-8-10/h10-11,13H,2-9,12H2,1H3. The maximum atomic E-state index is 5.58. The molecule has 1 saturated carbocycles. The molecule has 0 heterocycles. The molecule has 0 radical (unpaired) electrons. The molecule has 1 atom stereocenters. The average Bonchev–Trinajstić information content (AvgIpc) is 2.65. The van der Waals surface area contributed by atoms with Crippen molar-refractivity contribution >= 4 is 0 Å². The Kier molecular flexibility index (Phi) is 5.40. The highest BCUT2D eigenvalue weighted by Gasteiger charge is 2.23. The van der Waals surface area contributed by atoms with Crippen LogP contribution in [0.15, 0.2) is 0 Å². The molecule has 0 bridgehead atoms. The number of hydrogen-bond donors (Lipinski definition) is 2. The molecule has 2 nitrogen and oxygen atoms in total. The minimum absolute atomic E-state index is 0.592. The normalized spacial score (nSPS) is 20.8. The summed E-state index contributed by atoms with van der Waals surface area (Å²) in [5.41, 5.74) is 3.00. The van der Waals surface area contributed by atoms with E-state index in [-0.39, 0.29) is 0 Å². The second-order valence-electron chi connectivity index (χ2n) is 4.31. The first kappa shape index (κ1) is 11.0. The van der Waals surface area contributed by atoms with Crippen LogP contribution >= 0.6 is 0 Å². The van der Waals surface area contributed by atoms with Crippen molar-refractivity contribution in [2.75, 3.05) is 0 Å². The van der Waals surface area contributed by atoms with E-state index in [2.05, 4.69) is 12.3 Å². The SMILES string of the molecule is CCCCCC(NN)C1CCCC1. The van der Waals surface area contributed by atoms with Gasteiger partial charge in [0.15, 0.2) is 0 Å². The second kappa shape index (κ2) is 6.39. The van der Waals surface area contributed by atoms with Gasteiger partial charge in [-0.15, -0.1) is 0 Å². The molecule has 1 unspecified atom stereocenters. The van der Waals surface area contributed by atoms with Gasteiger partial charge in [0.05, 0.1) is 0 Å². The van der Waals surface area contributed by atoms with Crippen molar-refractivity contribution in [1.29, 1.82) is 0 Å². The Labute approximate surface area is 82.2 Å². The molecule has 1 fully saturated rings. The molecule has 3 N–H and O–H groups in total. The van der Waals surface area contributed by atoms with Gasteiger partial charge < -0.3 is 0 Å². The molecule has 0 spiro atoms. The maximum Gasteiger partial charge on any atom is 0.0238 e. The Bertz CT molecular complexity index is 119. The Morgan fingerprint density at radius 1 is 1.31 bits per heavy atom. The predicted octanol–water partition coefficient (Wildman–Crippen LogP) is 2.59. The van der Waals surface area contributed by atoms with Crippen molar-refractivity contribution in [2.45, 2.75) is 64.3 Å². The lowest BCUT2D eigenvalue weighted by Gasteiger charge is -2.22. The Morgan fingerprint density at radius 3 is 2.54 bits per heavy atom. The van der Waals surface area contributed by atoms with E-state index in [0.29, 0.717) is 6.04 Å². The Morgan fingerprint density at radius 2 is 2.00 bits per heavy atom. The zero-order valence-electron chi connectivity index (χ0n) is 8.89. The Hall–Kier alpha value is -0.0800. The van der Waals surface area contributed by atoms with Gasteiger partial charge in [0, 0.05) is 6.04 Å². The van der Waals surface area contributed by atoms with E-state index in [9.17, 15) is 0 Å². The predicted molar refractivity (Wildman–Crippen MR) is 57.2 cm³/mol. The highest BCUT2D eigenvalue weighted by Crippen LogP contribution is 2.29. The molecule has 1 aliphatic carbocycles. The summed E-state index contributed by atoms with van der Waals surface area (Å²) in [5.74, 6) is 6.45. The molecule has 2 heteroatoms. The monoisotopic (exact) mass is 184 g/mol. The third-order valence-corrected chi connectivity index (χ3v) is 3.30. The summed E-state index contributed by atoms with van der Waals surface area (Å²) in [6.45, 7) is 2.25. The van der Waals surface area contributed by atoms with Crippen molar-refractivity contribution in [1.82, 2.24) is 5.43 Å². The highest BCUT2D eigenvalue weighted by molar-refractivity contribution is 4.78. The summed E-state index contributed by atoms with van der Waals surface area (Å²) in [6.07, 6.45) is 10.9. The van der Waals surface area contributed by atoms with Gasteiger partial charge in [-0.2, -0.15) is 0 Å². The first-order chi connectivity index (χ1) is 6.38. The van der Waals surface area contributed by atoms with E-state index < -0.39 is 0 Å². The van der Waals surface area contributed by atoms with E-state index in [1.165, 1.54) is 51.4 Å². The van der Waals surface area contributed by atoms with Crippen molar-refractivity contribution in [3.8, 4) is 0 Å². The van der Waals surface area contributed by atoms with Gasteiger partial charge in [0.25, 0.3) is 0 Å². The quantitative estimate of drug-likeness (QED) is 0.378. The summed E-state index contributed by atoms with van der Waals surface area (Å²) >= 11 is 0. The van der Waals surface area contributed by atoms with E-state index >= 15 is 0 Å². The molecule has 0 aromatic heterocycles. The van der Waals surface area contributed by atoms with Crippen molar-refractivity contribution < 1.29 is 0 Å². The van der Waals surface area contributed by atoms with Crippen LogP contribution in [0.2, 0.25) is 0 Å². The summed E-state index contributed by atoms with van der Waals surface area (Å²) in [7, 11) is 0. The fraction of sp³-hybridized carbons (Fsp3) is 1.00. The van der Waals surface area contributed by atoms with Gasteiger partial charge >= 0.3 is 0 Å². The van der Waals surface area contributed by atoms with Gasteiger partial charge in [-0.1, -0.05) is 39.0 Å². The molecular formula is C11H24N2. The topological polar surface area (TPSA) is 38.0 Å². The molecule has 13 heavy (non-hydrogen) atoms. The van der Waals surface area contributed by atoms with Gasteiger partial charge in [0.1, 0.15) is 0 Å². The van der Waals surface area contributed by atoms with Crippen LogP contribution in [0, 0.1) is 5.92 Å². The third-order valence-electron chi connectivity index (χ3n) is 3.30. The lowest BCUT2D eigenvalue weighted by molar-refractivity contribution is 0.335. The van der Waals surface area contributed by atoms with Crippen molar-refractivity contribution in [3.05, 3.63) is 0 Å². The zero-order valence-corrected chi connectivity index (χ0v) is 8.89. The average molecular weight is 184 g/mol. The van der Waals surface area contributed by atoms with Crippen LogP contribution in [0.4, 0.5) is 0 Å². The number of rotatable bonds is 6. The van der Waals surface area contributed by atoms with Crippen LogP contribution in [0.3, 0.4) is 0 Å². The molecule has 0 aliphatic heterocycles. The molecule has 0 amide bonds. The van der Waals surface area contributed by atoms with Gasteiger partial charge in [-0.05, 0) is 25.2 Å². The number of nitrogens with two attached hydrogens (primary N) is 1. The molecule has 0 aromatic carbocycles. The molecule has 1 aliphatic rings. The molecular weight excluding hydrogens is 160 g/mol. The van der Waals surface area contributed by atoms with Gasteiger partial charge in [-0.3, -0.25) is 11.3 Å². The minimum atomic E-state index is 0.592.